The van der Waals surface area contributed by atoms with Gasteiger partial charge >= 0.3 is 0 Å². The Morgan fingerprint density at radius 3 is 2.92 bits per heavy atom. The van der Waals surface area contributed by atoms with Crippen LogP contribution in [0.1, 0.15) is 30.1 Å². The Balaban J connectivity index is 1.70. The second kappa shape index (κ2) is 7.80. The molecule has 0 saturated carbocycles. The van der Waals surface area contributed by atoms with Gasteiger partial charge in [-0.3, -0.25) is 4.79 Å². The van der Waals surface area contributed by atoms with Gasteiger partial charge in [0.25, 0.3) is 5.91 Å². The van der Waals surface area contributed by atoms with Crippen LogP contribution < -0.4 is 15.4 Å². The lowest BCUT2D eigenvalue weighted by Gasteiger charge is -2.28. The number of benzene rings is 1. The van der Waals surface area contributed by atoms with E-state index in [1.165, 1.54) is 18.2 Å². The molecule has 0 aliphatic carbocycles. The molecular weight excluding hydrogens is 345 g/mol. The Bertz CT molecular complexity index is 751. The van der Waals surface area contributed by atoms with Gasteiger partial charge in [0, 0.05) is 12.1 Å². The molecule has 0 radical (unpaired) electrons. The van der Waals surface area contributed by atoms with Crippen LogP contribution >= 0.6 is 11.6 Å². The third kappa shape index (κ3) is 4.46. The summed E-state index contributed by atoms with van der Waals surface area (Å²) >= 11 is 5.91. The van der Waals surface area contributed by atoms with Crippen LogP contribution in [0.5, 0.6) is 5.88 Å². The smallest absolute Gasteiger partial charge is 0.261 e. The molecule has 7 heteroatoms. The van der Waals surface area contributed by atoms with Crippen LogP contribution in [0.15, 0.2) is 36.4 Å². The van der Waals surface area contributed by atoms with E-state index in [4.69, 9.17) is 16.3 Å². The largest absolute Gasteiger partial charge is 0.474 e. The average Bonchev–Trinajstić information content (AvgIpc) is 2.55. The SMILES string of the molecule is CC1CC(Oc2cccc(NC(=O)c3c(F)cccc3Cl)n2)CCN1. The molecule has 2 atom stereocenters. The zero-order valence-corrected chi connectivity index (χ0v) is 14.5. The standard InChI is InChI=1S/C18H19ClFN3O2/c1-11-10-12(8-9-21-11)25-16-7-3-6-15(22-16)23-18(24)17-13(19)4-2-5-14(17)20/h2-7,11-12,21H,8-10H2,1H3,(H,22,23,24). The Kier molecular flexibility index (Phi) is 5.50. The number of hydrogen-bond acceptors (Lipinski definition) is 4. The topological polar surface area (TPSA) is 63.2 Å². The van der Waals surface area contributed by atoms with Crippen molar-refractivity contribution >= 4 is 23.3 Å². The van der Waals surface area contributed by atoms with E-state index in [-0.39, 0.29) is 22.5 Å². The first kappa shape index (κ1) is 17.6. The number of anilines is 1. The van der Waals surface area contributed by atoms with Gasteiger partial charge in [0.2, 0.25) is 5.88 Å². The minimum atomic E-state index is -0.680. The fourth-order valence-electron chi connectivity index (χ4n) is 2.81. The summed E-state index contributed by atoms with van der Waals surface area (Å²) in [5.41, 5.74) is -0.204. The van der Waals surface area contributed by atoms with Crippen molar-refractivity contribution in [1.82, 2.24) is 10.3 Å². The summed E-state index contributed by atoms with van der Waals surface area (Å²) in [6, 6.07) is 9.57. The highest BCUT2D eigenvalue weighted by molar-refractivity contribution is 6.34. The summed E-state index contributed by atoms with van der Waals surface area (Å²) in [4.78, 5) is 16.6. The second-order valence-corrected chi connectivity index (χ2v) is 6.44. The highest BCUT2D eigenvalue weighted by atomic mass is 35.5. The van der Waals surface area contributed by atoms with Crippen LogP contribution in [0, 0.1) is 5.82 Å². The van der Waals surface area contributed by atoms with E-state index in [9.17, 15) is 9.18 Å². The molecule has 25 heavy (non-hydrogen) atoms. The summed E-state index contributed by atoms with van der Waals surface area (Å²) in [6.07, 6.45) is 1.87. The summed E-state index contributed by atoms with van der Waals surface area (Å²) in [5.74, 6) is -0.621. The number of hydrogen-bond donors (Lipinski definition) is 2. The van der Waals surface area contributed by atoms with Crippen molar-refractivity contribution in [3.8, 4) is 5.88 Å². The molecule has 5 nitrogen and oxygen atoms in total. The molecule has 1 aromatic heterocycles. The molecule has 2 N–H and O–H groups in total. The van der Waals surface area contributed by atoms with Gasteiger partial charge in [0.1, 0.15) is 17.7 Å². The fourth-order valence-corrected chi connectivity index (χ4v) is 3.06. The van der Waals surface area contributed by atoms with Crippen molar-refractivity contribution in [2.24, 2.45) is 0 Å². The maximum Gasteiger partial charge on any atom is 0.261 e. The van der Waals surface area contributed by atoms with Crippen molar-refractivity contribution in [2.45, 2.75) is 31.9 Å². The predicted molar refractivity (Wildman–Crippen MR) is 94.7 cm³/mol. The van der Waals surface area contributed by atoms with E-state index in [0.29, 0.717) is 11.9 Å². The zero-order valence-electron chi connectivity index (χ0n) is 13.8. The van der Waals surface area contributed by atoms with Crippen LogP contribution in [0.3, 0.4) is 0 Å². The van der Waals surface area contributed by atoms with E-state index in [1.54, 1.807) is 18.2 Å². The number of rotatable bonds is 4. The maximum atomic E-state index is 13.8. The quantitative estimate of drug-likeness (QED) is 0.870. The van der Waals surface area contributed by atoms with Gasteiger partial charge in [-0.15, -0.1) is 0 Å². The highest BCUT2D eigenvalue weighted by Gasteiger charge is 2.20. The molecule has 2 heterocycles. The summed E-state index contributed by atoms with van der Waals surface area (Å²) < 4.78 is 19.7. The zero-order chi connectivity index (χ0) is 17.8. The number of piperidine rings is 1. The molecule has 1 aromatic carbocycles. The normalized spacial score (nSPS) is 20.1. The average molecular weight is 364 g/mol. The number of amides is 1. The maximum absolute atomic E-state index is 13.8. The van der Waals surface area contributed by atoms with E-state index < -0.39 is 11.7 Å². The van der Waals surface area contributed by atoms with E-state index in [2.05, 4.69) is 22.5 Å². The van der Waals surface area contributed by atoms with Crippen molar-refractivity contribution in [2.75, 3.05) is 11.9 Å². The van der Waals surface area contributed by atoms with Crippen LogP contribution in [0.4, 0.5) is 10.2 Å². The van der Waals surface area contributed by atoms with Crippen LogP contribution in [0.2, 0.25) is 5.02 Å². The number of halogens is 2. The number of pyridine rings is 1. The molecule has 3 rings (SSSR count). The van der Waals surface area contributed by atoms with Crippen molar-refractivity contribution < 1.29 is 13.9 Å². The molecule has 1 amide bonds. The van der Waals surface area contributed by atoms with Crippen LogP contribution in [-0.2, 0) is 0 Å². The van der Waals surface area contributed by atoms with Gasteiger partial charge in [0.15, 0.2) is 0 Å². The lowest BCUT2D eigenvalue weighted by molar-refractivity contribution is 0.102. The second-order valence-electron chi connectivity index (χ2n) is 6.03. The van der Waals surface area contributed by atoms with Crippen molar-refractivity contribution in [1.29, 1.82) is 0 Å². The molecule has 0 spiro atoms. The number of ether oxygens (including phenoxy) is 1. The molecule has 1 aliphatic heterocycles. The van der Waals surface area contributed by atoms with Gasteiger partial charge in [-0.05, 0) is 44.5 Å². The molecule has 1 saturated heterocycles. The minimum Gasteiger partial charge on any atom is -0.474 e. The van der Waals surface area contributed by atoms with E-state index in [0.717, 1.165) is 19.4 Å². The number of aromatic nitrogens is 1. The predicted octanol–water partition coefficient (Wildman–Crippen LogP) is 3.65. The molecule has 0 bridgehead atoms. The Morgan fingerprint density at radius 2 is 2.16 bits per heavy atom. The number of nitrogens with one attached hydrogen (secondary N) is 2. The Labute approximate surface area is 150 Å². The van der Waals surface area contributed by atoms with Gasteiger partial charge in [-0.25, -0.2) is 4.39 Å². The summed E-state index contributed by atoms with van der Waals surface area (Å²) in [7, 11) is 0. The lowest BCUT2D eigenvalue weighted by atomic mass is 10.0. The first-order chi connectivity index (χ1) is 12.0. The molecule has 132 valence electrons. The van der Waals surface area contributed by atoms with Gasteiger partial charge < -0.3 is 15.4 Å². The summed E-state index contributed by atoms with van der Waals surface area (Å²) in [6.45, 7) is 3.01. The molecular formula is C18H19ClFN3O2. The molecule has 2 unspecified atom stereocenters. The van der Waals surface area contributed by atoms with Gasteiger partial charge in [0.05, 0.1) is 10.6 Å². The summed E-state index contributed by atoms with van der Waals surface area (Å²) in [5, 5.41) is 5.97. The van der Waals surface area contributed by atoms with Crippen molar-refractivity contribution in [3.05, 3.63) is 52.8 Å². The van der Waals surface area contributed by atoms with Gasteiger partial charge in [-0.1, -0.05) is 23.7 Å². The minimum absolute atomic E-state index is 0.0496. The van der Waals surface area contributed by atoms with Crippen LogP contribution in [0.25, 0.3) is 0 Å². The van der Waals surface area contributed by atoms with Crippen LogP contribution in [-0.4, -0.2) is 29.6 Å². The third-order valence-electron chi connectivity index (χ3n) is 4.02. The monoisotopic (exact) mass is 363 g/mol. The first-order valence-corrected chi connectivity index (χ1v) is 8.53. The number of nitrogens with zero attached hydrogens (tertiary/aromatic N) is 1. The lowest BCUT2D eigenvalue weighted by Crippen LogP contribution is -2.40. The number of carbonyl (C=O) groups excluding carboxylic acids is 1. The molecule has 1 aliphatic rings. The Morgan fingerprint density at radius 1 is 1.36 bits per heavy atom. The Hall–Kier alpha value is -2.18. The molecule has 2 aromatic rings. The first-order valence-electron chi connectivity index (χ1n) is 8.15. The van der Waals surface area contributed by atoms with E-state index in [1.807, 2.05) is 0 Å². The highest BCUT2D eigenvalue weighted by Crippen LogP contribution is 2.22. The molecule has 1 fully saturated rings. The van der Waals surface area contributed by atoms with Gasteiger partial charge in [-0.2, -0.15) is 4.98 Å². The number of carbonyl (C=O) groups is 1. The fraction of sp³-hybridized carbons (Fsp3) is 0.333. The third-order valence-corrected chi connectivity index (χ3v) is 4.33. The van der Waals surface area contributed by atoms with Crippen molar-refractivity contribution in [3.63, 3.8) is 0 Å². The van der Waals surface area contributed by atoms with E-state index >= 15 is 0 Å².